The zero-order chi connectivity index (χ0) is 14.3. The van der Waals surface area contributed by atoms with E-state index >= 15 is 0 Å². The number of halogens is 7. The summed E-state index contributed by atoms with van der Waals surface area (Å²) in [4.78, 5) is 3.48. The molecule has 0 aliphatic rings. The van der Waals surface area contributed by atoms with Crippen molar-refractivity contribution in [1.82, 2.24) is 4.98 Å². The van der Waals surface area contributed by atoms with Gasteiger partial charge in [-0.25, -0.2) is 26.9 Å². The number of nitrogens with zero attached hydrogens (tertiary/aromatic N) is 1. The summed E-state index contributed by atoms with van der Waals surface area (Å²) in [5.74, 6) is -10.4. The van der Waals surface area contributed by atoms with E-state index < -0.39 is 45.4 Å². The summed E-state index contributed by atoms with van der Waals surface area (Å²) in [5.41, 5.74) is -1.65. The largest absolute Gasteiger partial charge is 0.242 e. The Bertz CT molecular complexity index is 646. The van der Waals surface area contributed by atoms with Gasteiger partial charge in [-0.15, -0.1) is 0 Å². The molecule has 0 radical (unpaired) electrons. The predicted molar refractivity (Wildman–Crippen MR) is 59.5 cm³/mol. The summed E-state index contributed by atoms with van der Waals surface area (Å²) in [6.07, 6.45) is 1.07. The molecule has 0 N–H and O–H groups in total. The first-order valence-electron chi connectivity index (χ1n) is 4.67. The van der Waals surface area contributed by atoms with E-state index in [0.717, 1.165) is 12.3 Å². The lowest BCUT2D eigenvalue weighted by atomic mass is 10.1. The highest BCUT2D eigenvalue weighted by atomic mass is 35.5. The van der Waals surface area contributed by atoms with E-state index in [1.165, 1.54) is 0 Å². The van der Waals surface area contributed by atoms with E-state index in [1.807, 2.05) is 0 Å². The molecular formula is C11H2Cl2F5N. The number of benzene rings is 1. The molecule has 0 amide bonds. The smallest absolute Gasteiger partial charge is 0.200 e. The van der Waals surface area contributed by atoms with E-state index in [-0.39, 0.29) is 5.02 Å². The van der Waals surface area contributed by atoms with Crippen LogP contribution < -0.4 is 0 Å². The second-order valence-electron chi connectivity index (χ2n) is 3.44. The van der Waals surface area contributed by atoms with E-state index in [1.54, 1.807) is 0 Å². The number of hydrogen-bond acceptors (Lipinski definition) is 1. The highest BCUT2D eigenvalue weighted by Crippen LogP contribution is 2.35. The minimum Gasteiger partial charge on any atom is -0.242 e. The fourth-order valence-electron chi connectivity index (χ4n) is 1.44. The molecule has 0 unspecified atom stereocenters. The Morgan fingerprint density at radius 3 is 1.79 bits per heavy atom. The van der Waals surface area contributed by atoms with E-state index in [2.05, 4.69) is 4.98 Å². The molecule has 0 spiro atoms. The van der Waals surface area contributed by atoms with Crippen molar-refractivity contribution in [3.63, 3.8) is 0 Å². The van der Waals surface area contributed by atoms with Gasteiger partial charge in [0.05, 0.1) is 10.6 Å². The first-order valence-corrected chi connectivity index (χ1v) is 5.43. The Hall–Kier alpha value is -1.40. The van der Waals surface area contributed by atoms with Gasteiger partial charge in [0.15, 0.2) is 23.3 Å². The summed E-state index contributed by atoms with van der Waals surface area (Å²) in [6, 6.07) is 0.954. The summed E-state index contributed by atoms with van der Waals surface area (Å²) in [7, 11) is 0. The highest BCUT2D eigenvalue weighted by molar-refractivity contribution is 6.34. The van der Waals surface area contributed by atoms with Crippen molar-refractivity contribution in [2.45, 2.75) is 0 Å². The number of rotatable bonds is 1. The second kappa shape index (κ2) is 4.94. The Morgan fingerprint density at radius 2 is 1.26 bits per heavy atom. The fraction of sp³-hybridized carbons (Fsp3) is 0. The van der Waals surface area contributed by atoms with Crippen LogP contribution in [0.2, 0.25) is 10.2 Å². The molecule has 1 aromatic carbocycles. The Kier molecular flexibility index (Phi) is 3.64. The van der Waals surface area contributed by atoms with Gasteiger partial charge < -0.3 is 0 Å². The van der Waals surface area contributed by atoms with Crippen molar-refractivity contribution in [2.75, 3.05) is 0 Å². The summed E-state index contributed by atoms with van der Waals surface area (Å²) < 4.78 is 66.1. The Balaban J connectivity index is 2.87. The zero-order valence-electron chi connectivity index (χ0n) is 8.75. The van der Waals surface area contributed by atoms with Crippen LogP contribution in [0.15, 0.2) is 12.3 Å². The van der Waals surface area contributed by atoms with Crippen LogP contribution in [-0.4, -0.2) is 4.98 Å². The minimum absolute atomic E-state index is 0.0664. The van der Waals surface area contributed by atoms with Gasteiger partial charge in [-0.2, -0.15) is 0 Å². The monoisotopic (exact) mass is 313 g/mol. The van der Waals surface area contributed by atoms with Crippen LogP contribution in [0.5, 0.6) is 0 Å². The maximum Gasteiger partial charge on any atom is 0.200 e. The maximum atomic E-state index is 13.5. The van der Waals surface area contributed by atoms with Crippen molar-refractivity contribution in [3.05, 3.63) is 51.5 Å². The van der Waals surface area contributed by atoms with Gasteiger partial charge in [-0.3, -0.25) is 0 Å². The summed E-state index contributed by atoms with van der Waals surface area (Å²) >= 11 is 11.1. The van der Waals surface area contributed by atoms with Crippen LogP contribution in [0.4, 0.5) is 22.0 Å². The van der Waals surface area contributed by atoms with Crippen LogP contribution in [0.3, 0.4) is 0 Å². The Labute approximate surface area is 113 Å². The molecule has 1 heterocycles. The third-order valence-corrected chi connectivity index (χ3v) is 2.79. The van der Waals surface area contributed by atoms with Gasteiger partial charge in [-0.1, -0.05) is 23.2 Å². The van der Waals surface area contributed by atoms with Gasteiger partial charge in [0.25, 0.3) is 0 Å². The van der Waals surface area contributed by atoms with Gasteiger partial charge in [0.1, 0.15) is 5.15 Å². The fourth-order valence-corrected chi connectivity index (χ4v) is 1.80. The quantitative estimate of drug-likeness (QED) is 0.320. The zero-order valence-corrected chi connectivity index (χ0v) is 10.3. The minimum atomic E-state index is -2.25. The standard InChI is InChI=1S/C11H2Cl2F5N/c12-3-1-4(11(13)19-2-3)5-6(14)8(16)10(18)9(17)7(5)15/h1-2H. The predicted octanol–water partition coefficient (Wildman–Crippen LogP) is 4.75. The van der Waals surface area contributed by atoms with Gasteiger partial charge in [0, 0.05) is 11.8 Å². The molecule has 2 rings (SSSR count). The third-order valence-electron chi connectivity index (χ3n) is 2.28. The first kappa shape index (κ1) is 14.0. The summed E-state index contributed by atoms with van der Waals surface area (Å²) in [5, 5.41) is -0.504. The van der Waals surface area contributed by atoms with E-state index in [4.69, 9.17) is 23.2 Å². The molecule has 2 aromatic rings. The molecule has 0 aliphatic heterocycles. The molecule has 100 valence electrons. The molecule has 1 nitrogen and oxygen atoms in total. The van der Waals surface area contributed by atoms with Crippen LogP contribution in [-0.2, 0) is 0 Å². The first-order chi connectivity index (χ1) is 8.84. The Morgan fingerprint density at radius 1 is 0.789 bits per heavy atom. The van der Waals surface area contributed by atoms with Gasteiger partial charge >= 0.3 is 0 Å². The highest BCUT2D eigenvalue weighted by Gasteiger charge is 2.28. The van der Waals surface area contributed by atoms with Crippen LogP contribution in [0.1, 0.15) is 0 Å². The topological polar surface area (TPSA) is 12.9 Å². The van der Waals surface area contributed by atoms with Crippen molar-refractivity contribution in [3.8, 4) is 11.1 Å². The lowest BCUT2D eigenvalue weighted by Gasteiger charge is -2.09. The molecule has 0 saturated carbocycles. The van der Waals surface area contributed by atoms with Crippen molar-refractivity contribution in [1.29, 1.82) is 0 Å². The van der Waals surface area contributed by atoms with Crippen molar-refractivity contribution >= 4 is 23.2 Å². The molecule has 0 aliphatic carbocycles. The lowest BCUT2D eigenvalue weighted by Crippen LogP contribution is -2.04. The third kappa shape index (κ3) is 2.26. The van der Waals surface area contributed by atoms with Crippen molar-refractivity contribution < 1.29 is 22.0 Å². The lowest BCUT2D eigenvalue weighted by molar-refractivity contribution is 0.381. The number of pyridine rings is 1. The average Bonchev–Trinajstić information content (AvgIpc) is 2.38. The molecule has 0 saturated heterocycles. The summed E-state index contributed by atoms with van der Waals surface area (Å²) in [6.45, 7) is 0. The molecule has 19 heavy (non-hydrogen) atoms. The second-order valence-corrected chi connectivity index (χ2v) is 4.23. The van der Waals surface area contributed by atoms with Gasteiger partial charge in [-0.05, 0) is 6.07 Å². The molecule has 1 aromatic heterocycles. The van der Waals surface area contributed by atoms with Crippen LogP contribution >= 0.6 is 23.2 Å². The average molecular weight is 314 g/mol. The number of hydrogen-bond donors (Lipinski definition) is 0. The van der Waals surface area contributed by atoms with E-state index in [0.29, 0.717) is 0 Å². The van der Waals surface area contributed by atoms with E-state index in [9.17, 15) is 22.0 Å². The number of aromatic nitrogens is 1. The normalized spacial score (nSPS) is 10.9. The maximum absolute atomic E-state index is 13.5. The molecule has 0 bridgehead atoms. The molecule has 0 atom stereocenters. The van der Waals surface area contributed by atoms with Crippen LogP contribution in [0.25, 0.3) is 11.1 Å². The SMILES string of the molecule is Fc1c(F)c(F)c(-c2cc(Cl)cnc2Cl)c(F)c1F. The van der Waals surface area contributed by atoms with Crippen molar-refractivity contribution in [2.24, 2.45) is 0 Å². The molecular weight excluding hydrogens is 312 g/mol. The van der Waals surface area contributed by atoms with Crippen LogP contribution in [0, 0.1) is 29.1 Å². The molecule has 0 fully saturated rings. The van der Waals surface area contributed by atoms with Gasteiger partial charge in [0.2, 0.25) is 5.82 Å². The molecule has 8 heteroatoms.